The van der Waals surface area contributed by atoms with Gasteiger partial charge in [0.25, 0.3) is 0 Å². The lowest BCUT2D eigenvalue weighted by Gasteiger charge is -2.36. The zero-order valence-corrected chi connectivity index (χ0v) is 19.4. The molecule has 1 aliphatic carbocycles. The summed E-state index contributed by atoms with van der Waals surface area (Å²) in [7, 11) is 3.78. The fourth-order valence-electron chi connectivity index (χ4n) is 4.44. The topological polar surface area (TPSA) is 53.8 Å². The number of methoxy groups -OCH3 is 1. The van der Waals surface area contributed by atoms with Gasteiger partial charge in [0.2, 0.25) is 5.91 Å². The van der Waals surface area contributed by atoms with Gasteiger partial charge < -0.3 is 19.4 Å². The third-order valence-electron chi connectivity index (χ3n) is 6.69. The van der Waals surface area contributed by atoms with Crippen LogP contribution in [0, 0.1) is 18.7 Å². The van der Waals surface area contributed by atoms with E-state index in [1.165, 1.54) is 12.1 Å². The number of hydrogen-bond donors (Lipinski definition) is 0. The minimum Gasteiger partial charge on any atom is -0.383 e. The molecule has 1 amide bonds. The summed E-state index contributed by atoms with van der Waals surface area (Å²) in [4.78, 5) is 19.7. The molecule has 2 aromatic rings. The van der Waals surface area contributed by atoms with Gasteiger partial charge in [-0.3, -0.25) is 4.79 Å². The Hall–Kier alpha value is -2.45. The van der Waals surface area contributed by atoms with Crippen molar-refractivity contribution in [1.82, 2.24) is 19.6 Å². The Morgan fingerprint density at radius 3 is 2.62 bits per heavy atom. The highest BCUT2D eigenvalue weighted by Crippen LogP contribution is 2.32. The number of ether oxygens (including phenoxy) is 1. The van der Waals surface area contributed by atoms with Gasteiger partial charge in [0.15, 0.2) is 0 Å². The molecular weight excluding hydrogens is 409 g/mol. The van der Waals surface area contributed by atoms with Crippen molar-refractivity contribution in [2.24, 2.45) is 5.92 Å². The van der Waals surface area contributed by atoms with Crippen LogP contribution in [0.2, 0.25) is 0 Å². The van der Waals surface area contributed by atoms with Crippen molar-refractivity contribution in [3.63, 3.8) is 0 Å². The lowest BCUT2D eigenvalue weighted by atomic mass is 9.84. The van der Waals surface area contributed by atoms with Crippen LogP contribution in [0.1, 0.15) is 30.5 Å². The molecule has 1 saturated heterocycles. The predicted octanol–water partition coefficient (Wildman–Crippen LogP) is 2.85. The zero-order valence-electron chi connectivity index (χ0n) is 19.4. The Balaban J connectivity index is 1.71. The fraction of sp³-hybridized carbons (Fsp3) is 0.583. The number of amides is 1. The molecule has 1 aromatic heterocycles. The fourth-order valence-corrected chi connectivity index (χ4v) is 4.44. The quantitative estimate of drug-likeness (QED) is 0.628. The van der Waals surface area contributed by atoms with E-state index in [2.05, 4.69) is 16.8 Å². The van der Waals surface area contributed by atoms with Gasteiger partial charge in [0.05, 0.1) is 24.5 Å². The molecule has 2 fully saturated rings. The van der Waals surface area contributed by atoms with Crippen molar-refractivity contribution in [3.05, 3.63) is 41.3 Å². The van der Waals surface area contributed by atoms with Gasteiger partial charge in [-0.1, -0.05) is 12.5 Å². The van der Waals surface area contributed by atoms with Crippen molar-refractivity contribution in [2.45, 2.75) is 32.7 Å². The highest BCUT2D eigenvalue weighted by Gasteiger charge is 2.32. The van der Waals surface area contributed by atoms with Crippen LogP contribution >= 0.6 is 0 Å². The third-order valence-corrected chi connectivity index (χ3v) is 6.69. The van der Waals surface area contributed by atoms with E-state index < -0.39 is 0 Å². The van der Waals surface area contributed by atoms with Crippen LogP contribution in [0.5, 0.6) is 0 Å². The summed E-state index contributed by atoms with van der Waals surface area (Å²) < 4.78 is 21.2. The number of benzene rings is 1. The first-order valence-electron chi connectivity index (χ1n) is 11.5. The summed E-state index contributed by atoms with van der Waals surface area (Å²) in [5.41, 5.74) is 2.59. The first kappa shape index (κ1) is 22.7. The summed E-state index contributed by atoms with van der Waals surface area (Å²) in [6, 6.07) is 6.54. The number of anilines is 1. The number of carbonyl (C=O) groups excluding carboxylic acids is 1. The molecule has 32 heavy (non-hydrogen) atoms. The zero-order chi connectivity index (χ0) is 22.7. The Kier molecular flexibility index (Phi) is 7.10. The van der Waals surface area contributed by atoms with Crippen LogP contribution in [0.15, 0.2) is 24.3 Å². The molecule has 1 aliphatic heterocycles. The molecule has 0 N–H and O–H groups in total. The number of likely N-dealkylation sites (N-methyl/N-ethyl adjacent to an activating group) is 1. The summed E-state index contributed by atoms with van der Waals surface area (Å²) in [5.74, 6) is 1.00. The second-order valence-corrected chi connectivity index (χ2v) is 8.95. The first-order valence-corrected chi connectivity index (χ1v) is 11.5. The average Bonchev–Trinajstić information content (AvgIpc) is 3.06. The Labute approximate surface area is 189 Å². The summed E-state index contributed by atoms with van der Waals surface area (Å²) >= 11 is 0. The highest BCUT2D eigenvalue weighted by atomic mass is 19.1. The van der Waals surface area contributed by atoms with E-state index in [0.717, 1.165) is 62.5 Å². The molecule has 0 radical (unpaired) electrons. The van der Waals surface area contributed by atoms with Gasteiger partial charge in [-0.2, -0.15) is 5.10 Å². The van der Waals surface area contributed by atoms with Gasteiger partial charge in [0, 0.05) is 51.3 Å². The molecule has 8 heteroatoms. The van der Waals surface area contributed by atoms with Crippen molar-refractivity contribution >= 4 is 11.7 Å². The normalized spacial score (nSPS) is 17.4. The maximum Gasteiger partial charge on any atom is 0.226 e. The predicted molar refractivity (Wildman–Crippen MR) is 123 cm³/mol. The molecule has 0 bridgehead atoms. The number of carbonyl (C=O) groups is 1. The van der Waals surface area contributed by atoms with Crippen molar-refractivity contribution in [2.75, 3.05) is 58.4 Å². The van der Waals surface area contributed by atoms with Crippen LogP contribution in [0.4, 0.5) is 10.2 Å². The molecule has 174 valence electrons. The van der Waals surface area contributed by atoms with Gasteiger partial charge in [-0.15, -0.1) is 0 Å². The van der Waals surface area contributed by atoms with Crippen molar-refractivity contribution in [3.8, 4) is 5.69 Å². The van der Waals surface area contributed by atoms with E-state index in [4.69, 9.17) is 9.84 Å². The van der Waals surface area contributed by atoms with Crippen LogP contribution in [0.25, 0.3) is 5.69 Å². The maximum absolute atomic E-state index is 14.0. The molecule has 0 spiro atoms. The van der Waals surface area contributed by atoms with E-state index in [9.17, 15) is 9.18 Å². The standard InChI is InChI=1S/C24H34FN5O2/c1-18-22(17-29(14-15-32-3)24(31)19-6-4-7-19)23(28-12-10-27(2)11-13-28)30(26-18)21-9-5-8-20(25)16-21/h5,8-9,16,19H,4,6-7,10-15,17H2,1-3H3. The van der Waals surface area contributed by atoms with Crippen molar-refractivity contribution in [1.29, 1.82) is 0 Å². The largest absolute Gasteiger partial charge is 0.383 e. The van der Waals surface area contributed by atoms with Gasteiger partial charge >= 0.3 is 0 Å². The molecule has 2 heterocycles. The first-order chi connectivity index (χ1) is 15.5. The van der Waals surface area contributed by atoms with Crippen LogP contribution < -0.4 is 4.90 Å². The molecule has 2 aliphatic rings. The molecule has 0 atom stereocenters. The van der Waals surface area contributed by atoms with E-state index in [1.54, 1.807) is 13.2 Å². The van der Waals surface area contributed by atoms with Crippen LogP contribution in [-0.4, -0.2) is 79.0 Å². The number of rotatable bonds is 8. The number of nitrogens with zero attached hydrogens (tertiary/aromatic N) is 5. The van der Waals surface area contributed by atoms with Gasteiger partial charge in [-0.05, 0) is 45.0 Å². The average molecular weight is 444 g/mol. The lowest BCUT2D eigenvalue weighted by molar-refractivity contribution is -0.139. The highest BCUT2D eigenvalue weighted by molar-refractivity contribution is 5.80. The Morgan fingerprint density at radius 2 is 2.00 bits per heavy atom. The second-order valence-electron chi connectivity index (χ2n) is 8.95. The molecule has 1 saturated carbocycles. The smallest absolute Gasteiger partial charge is 0.226 e. The Bertz CT molecular complexity index is 934. The maximum atomic E-state index is 14.0. The lowest BCUT2D eigenvalue weighted by Crippen LogP contribution is -2.46. The number of aryl methyl sites for hydroxylation is 1. The molecule has 1 aromatic carbocycles. The number of piperazine rings is 1. The van der Waals surface area contributed by atoms with E-state index in [0.29, 0.717) is 25.4 Å². The summed E-state index contributed by atoms with van der Waals surface area (Å²) in [5, 5.41) is 4.81. The molecular formula is C24H34FN5O2. The number of hydrogen-bond acceptors (Lipinski definition) is 5. The van der Waals surface area contributed by atoms with E-state index >= 15 is 0 Å². The molecule has 4 rings (SSSR count). The minimum absolute atomic E-state index is 0.123. The molecule has 7 nitrogen and oxygen atoms in total. The van der Waals surface area contributed by atoms with Crippen LogP contribution in [-0.2, 0) is 16.1 Å². The van der Waals surface area contributed by atoms with E-state index in [1.807, 2.05) is 22.6 Å². The summed E-state index contributed by atoms with van der Waals surface area (Å²) in [6.45, 7) is 7.13. The van der Waals surface area contributed by atoms with Gasteiger partial charge in [0.1, 0.15) is 11.6 Å². The SMILES string of the molecule is COCCN(Cc1c(C)nn(-c2cccc(F)c2)c1N1CCN(C)CC1)C(=O)C1CCC1. The molecule has 0 unspecified atom stereocenters. The third kappa shape index (κ3) is 4.81. The Morgan fingerprint density at radius 1 is 1.25 bits per heavy atom. The number of aromatic nitrogens is 2. The monoisotopic (exact) mass is 443 g/mol. The second kappa shape index (κ2) is 10.0. The number of halogens is 1. The van der Waals surface area contributed by atoms with E-state index in [-0.39, 0.29) is 17.6 Å². The van der Waals surface area contributed by atoms with Crippen molar-refractivity contribution < 1.29 is 13.9 Å². The summed E-state index contributed by atoms with van der Waals surface area (Å²) in [6.07, 6.45) is 3.06. The van der Waals surface area contributed by atoms with Gasteiger partial charge in [-0.25, -0.2) is 9.07 Å². The van der Waals surface area contributed by atoms with Crippen LogP contribution in [0.3, 0.4) is 0 Å². The minimum atomic E-state index is -0.289.